The van der Waals surface area contributed by atoms with E-state index in [2.05, 4.69) is 66.1 Å². The zero-order valence-corrected chi connectivity index (χ0v) is 24.8. The Morgan fingerprint density at radius 2 is 1.34 bits per heavy atom. The smallest absolute Gasteiger partial charge is 0.354 e. The molecule has 0 bridgehead atoms. The molecule has 1 aliphatic heterocycles. The Hall–Kier alpha value is -3.37. The summed E-state index contributed by atoms with van der Waals surface area (Å²) >= 11 is 4.74. The number of benzene rings is 1. The average Bonchev–Trinajstić information content (AvgIpc) is 2.96. The number of hydrogen-bond acceptors (Lipinski definition) is 9. The summed E-state index contributed by atoms with van der Waals surface area (Å²) in [6.45, 7) is 11.5. The normalized spacial score (nSPS) is 16.8. The van der Waals surface area contributed by atoms with E-state index in [0.717, 1.165) is 88.2 Å². The van der Waals surface area contributed by atoms with Gasteiger partial charge in [0.2, 0.25) is 0 Å². The minimum atomic E-state index is -1.00. The van der Waals surface area contributed by atoms with Crippen molar-refractivity contribution in [1.82, 2.24) is 29.6 Å². The average molecular weight is 574 g/mol. The Bertz CT molecular complexity index is 1330. The molecule has 3 heterocycles. The molecule has 1 N–H and O–H groups in total. The van der Waals surface area contributed by atoms with Crippen LogP contribution < -0.4 is 0 Å². The number of likely N-dealkylation sites (N-methyl/N-ethyl adjacent to an activating group) is 1. The van der Waals surface area contributed by atoms with Crippen molar-refractivity contribution in [1.29, 1.82) is 0 Å². The third-order valence-corrected chi connectivity index (χ3v) is 7.41. The van der Waals surface area contributed by atoms with Gasteiger partial charge in [-0.2, -0.15) is 4.99 Å². The zero-order chi connectivity index (χ0) is 29.0. The van der Waals surface area contributed by atoms with Crippen molar-refractivity contribution in [3.8, 4) is 0 Å². The number of aromatic nitrogens is 2. The molecule has 2 aromatic heterocycles. The molecule has 0 aliphatic carbocycles. The highest BCUT2D eigenvalue weighted by molar-refractivity contribution is 7.78. The lowest BCUT2D eigenvalue weighted by atomic mass is 10.2. The molecule has 10 heteroatoms. The van der Waals surface area contributed by atoms with Crippen molar-refractivity contribution in [2.45, 2.75) is 26.6 Å². The SMILES string of the molecule is Cc1cccc(CN2CCN(C)CCN(Cc3cccc(C(=O)O)n3)CCN(Cc3ccc(N=C=S)cc3)CC2)n1. The Kier molecular flexibility index (Phi) is 11.6. The van der Waals surface area contributed by atoms with Crippen LogP contribution >= 0.6 is 12.2 Å². The van der Waals surface area contributed by atoms with E-state index >= 15 is 0 Å². The van der Waals surface area contributed by atoms with E-state index < -0.39 is 5.97 Å². The summed E-state index contributed by atoms with van der Waals surface area (Å²) in [6.07, 6.45) is 0. The molecule has 1 aliphatic rings. The second-order valence-electron chi connectivity index (χ2n) is 10.6. The maximum Gasteiger partial charge on any atom is 0.354 e. The molecule has 0 atom stereocenters. The van der Waals surface area contributed by atoms with Gasteiger partial charge in [-0.25, -0.2) is 9.78 Å². The van der Waals surface area contributed by atoms with Crippen molar-refractivity contribution in [2.75, 3.05) is 59.4 Å². The fourth-order valence-corrected chi connectivity index (χ4v) is 5.04. The van der Waals surface area contributed by atoms with Crippen LogP contribution in [0.4, 0.5) is 5.69 Å². The molecule has 216 valence electrons. The number of carbonyl (C=O) groups is 1. The monoisotopic (exact) mass is 573 g/mol. The largest absolute Gasteiger partial charge is 0.477 e. The molecule has 0 spiro atoms. The van der Waals surface area contributed by atoms with Gasteiger partial charge in [-0.05, 0) is 68.2 Å². The summed E-state index contributed by atoms with van der Waals surface area (Å²) < 4.78 is 0. The molecule has 0 unspecified atom stereocenters. The predicted octanol–water partition coefficient (Wildman–Crippen LogP) is 3.97. The van der Waals surface area contributed by atoms with Crippen LogP contribution in [0.25, 0.3) is 0 Å². The number of isothiocyanates is 1. The first kappa shape index (κ1) is 30.6. The molecular weight excluding hydrogens is 534 g/mol. The lowest BCUT2D eigenvalue weighted by Gasteiger charge is -2.33. The molecule has 4 rings (SSSR count). The van der Waals surface area contributed by atoms with Crippen molar-refractivity contribution in [2.24, 2.45) is 4.99 Å². The number of rotatable bonds is 8. The first-order chi connectivity index (χ1) is 19.9. The number of pyridine rings is 2. The second-order valence-corrected chi connectivity index (χ2v) is 10.8. The molecule has 0 amide bonds. The van der Waals surface area contributed by atoms with Gasteiger partial charge in [-0.15, -0.1) is 0 Å². The Balaban J connectivity index is 1.50. The van der Waals surface area contributed by atoms with Crippen LogP contribution in [0, 0.1) is 6.92 Å². The van der Waals surface area contributed by atoms with Crippen LogP contribution in [0.15, 0.2) is 65.7 Å². The van der Waals surface area contributed by atoms with Crippen LogP contribution in [0.3, 0.4) is 0 Å². The zero-order valence-electron chi connectivity index (χ0n) is 23.9. The molecule has 41 heavy (non-hydrogen) atoms. The quantitative estimate of drug-likeness (QED) is 0.318. The molecule has 1 saturated heterocycles. The van der Waals surface area contributed by atoms with Crippen molar-refractivity contribution < 1.29 is 9.90 Å². The van der Waals surface area contributed by atoms with Gasteiger partial charge < -0.3 is 10.0 Å². The van der Waals surface area contributed by atoms with E-state index in [1.807, 2.05) is 31.2 Å². The molecule has 1 aromatic carbocycles. The third-order valence-electron chi connectivity index (χ3n) is 7.32. The van der Waals surface area contributed by atoms with Crippen LogP contribution in [0.2, 0.25) is 0 Å². The summed E-state index contributed by atoms with van der Waals surface area (Å²) in [5, 5.41) is 11.8. The van der Waals surface area contributed by atoms with Gasteiger partial charge in [0.25, 0.3) is 0 Å². The van der Waals surface area contributed by atoms with E-state index in [1.165, 1.54) is 5.56 Å². The highest BCUT2D eigenvalue weighted by Crippen LogP contribution is 2.15. The molecule has 1 fully saturated rings. The highest BCUT2D eigenvalue weighted by Gasteiger charge is 2.17. The minimum Gasteiger partial charge on any atom is -0.477 e. The van der Waals surface area contributed by atoms with E-state index in [9.17, 15) is 9.90 Å². The van der Waals surface area contributed by atoms with Crippen LogP contribution in [-0.2, 0) is 19.6 Å². The first-order valence-corrected chi connectivity index (χ1v) is 14.4. The van der Waals surface area contributed by atoms with E-state index in [0.29, 0.717) is 6.54 Å². The number of aromatic carboxylic acids is 1. The van der Waals surface area contributed by atoms with Gasteiger partial charge in [0, 0.05) is 77.7 Å². The number of thiocarbonyl (C=S) groups is 1. The van der Waals surface area contributed by atoms with Crippen molar-refractivity contribution in [3.05, 3.63) is 89.0 Å². The number of aliphatic imine (C=N–C) groups is 1. The van der Waals surface area contributed by atoms with Crippen LogP contribution in [-0.4, -0.2) is 105 Å². The minimum absolute atomic E-state index is 0.0835. The van der Waals surface area contributed by atoms with Crippen molar-refractivity contribution in [3.63, 3.8) is 0 Å². The van der Waals surface area contributed by atoms with Crippen LogP contribution in [0.5, 0.6) is 0 Å². The lowest BCUT2D eigenvalue weighted by molar-refractivity contribution is 0.0689. The standard InChI is InChI=1S/C31H39N7O2S/c1-25-5-3-6-28(33-25)22-37-15-13-35(2)14-16-38(23-29-7-4-8-30(34-29)31(39)40)20-18-36(17-19-37)21-26-9-11-27(12-10-26)32-24-41/h3-12H,13-23H2,1-2H3,(H,39,40). The molecule has 3 aromatic rings. The molecule has 0 radical (unpaired) electrons. The van der Waals surface area contributed by atoms with E-state index in [-0.39, 0.29) is 5.69 Å². The van der Waals surface area contributed by atoms with Crippen LogP contribution in [0.1, 0.15) is 33.1 Å². The van der Waals surface area contributed by atoms with Gasteiger partial charge in [-0.1, -0.05) is 24.3 Å². The molecule has 9 nitrogen and oxygen atoms in total. The summed E-state index contributed by atoms with van der Waals surface area (Å²) in [5.74, 6) is -1.00. The van der Waals surface area contributed by atoms with E-state index in [1.54, 1.807) is 12.1 Å². The second kappa shape index (κ2) is 15.6. The van der Waals surface area contributed by atoms with Gasteiger partial charge in [0.1, 0.15) is 5.69 Å². The lowest BCUT2D eigenvalue weighted by Crippen LogP contribution is -2.44. The summed E-state index contributed by atoms with van der Waals surface area (Å²) in [5.41, 5.74) is 5.02. The molecular formula is C31H39N7O2S. The number of carboxylic acid groups (broad SMARTS) is 1. The van der Waals surface area contributed by atoms with Gasteiger partial charge >= 0.3 is 5.97 Å². The molecule has 0 saturated carbocycles. The maximum atomic E-state index is 11.5. The number of carboxylic acids is 1. The van der Waals surface area contributed by atoms with Gasteiger partial charge in [-0.3, -0.25) is 19.7 Å². The van der Waals surface area contributed by atoms with Crippen molar-refractivity contribution >= 4 is 29.0 Å². The fourth-order valence-electron chi connectivity index (χ4n) is 4.93. The maximum absolute atomic E-state index is 11.5. The third kappa shape index (κ3) is 10.2. The Morgan fingerprint density at radius 1 is 0.805 bits per heavy atom. The number of hydrogen-bond donors (Lipinski definition) is 1. The number of aryl methyl sites for hydroxylation is 1. The van der Waals surface area contributed by atoms with Gasteiger partial charge in [0.15, 0.2) is 0 Å². The first-order valence-electron chi connectivity index (χ1n) is 14.0. The summed E-state index contributed by atoms with van der Waals surface area (Å²) in [6, 6.07) is 19.6. The fraction of sp³-hybridized carbons (Fsp3) is 0.419. The van der Waals surface area contributed by atoms with E-state index in [4.69, 9.17) is 17.2 Å². The highest BCUT2D eigenvalue weighted by atomic mass is 32.1. The summed E-state index contributed by atoms with van der Waals surface area (Å²) in [4.78, 5) is 34.4. The Labute approximate surface area is 248 Å². The van der Waals surface area contributed by atoms with Gasteiger partial charge in [0.05, 0.1) is 22.2 Å². The topological polar surface area (TPSA) is 88.4 Å². The summed E-state index contributed by atoms with van der Waals surface area (Å²) in [7, 11) is 2.17. The predicted molar refractivity (Wildman–Crippen MR) is 165 cm³/mol. The Morgan fingerprint density at radius 3 is 1.90 bits per heavy atom. The number of nitrogens with zero attached hydrogens (tertiary/aromatic N) is 7.